The van der Waals surface area contributed by atoms with E-state index in [4.69, 9.17) is 9.84 Å². The summed E-state index contributed by atoms with van der Waals surface area (Å²) in [5.74, 6) is -4.65. The van der Waals surface area contributed by atoms with Crippen LogP contribution in [0.3, 0.4) is 0 Å². The van der Waals surface area contributed by atoms with E-state index >= 15 is 0 Å². The van der Waals surface area contributed by atoms with Crippen molar-refractivity contribution in [2.75, 3.05) is 5.32 Å². The number of halogens is 2. The van der Waals surface area contributed by atoms with Crippen LogP contribution in [0.15, 0.2) is 24.3 Å². The maximum Gasteiger partial charge on any atom is 0.332 e. The zero-order valence-electron chi connectivity index (χ0n) is 11.3. The van der Waals surface area contributed by atoms with E-state index in [-0.39, 0.29) is 24.1 Å². The number of rotatable bonds is 4. The number of anilines is 1. The molecule has 0 spiro atoms. The van der Waals surface area contributed by atoms with Gasteiger partial charge in [0.1, 0.15) is 6.10 Å². The van der Waals surface area contributed by atoms with Crippen LogP contribution in [0.5, 0.6) is 0 Å². The fraction of sp³-hybridized carbons (Fsp3) is 0.429. The number of hydrogen-bond donors (Lipinski definition) is 2. The molecule has 2 atom stereocenters. The number of carboxylic acids is 1. The fourth-order valence-electron chi connectivity index (χ4n) is 2.10. The van der Waals surface area contributed by atoms with E-state index in [1.54, 1.807) is 0 Å². The molecule has 0 radical (unpaired) electrons. The highest BCUT2D eigenvalue weighted by molar-refractivity contribution is 5.94. The van der Waals surface area contributed by atoms with Crippen molar-refractivity contribution in [3.8, 4) is 0 Å². The van der Waals surface area contributed by atoms with Crippen LogP contribution < -0.4 is 5.32 Å². The average Bonchev–Trinajstić information content (AvgIpc) is 2.88. The predicted molar refractivity (Wildman–Crippen MR) is 70.2 cm³/mol. The van der Waals surface area contributed by atoms with Crippen LogP contribution in [-0.4, -0.2) is 29.2 Å². The van der Waals surface area contributed by atoms with E-state index < -0.39 is 30.0 Å². The second-order valence-corrected chi connectivity index (χ2v) is 4.99. The molecule has 1 saturated heterocycles. The van der Waals surface area contributed by atoms with Gasteiger partial charge >= 0.3 is 5.97 Å². The molecule has 0 bridgehead atoms. The van der Waals surface area contributed by atoms with Gasteiger partial charge in [-0.05, 0) is 25.0 Å². The number of amides is 1. The van der Waals surface area contributed by atoms with Gasteiger partial charge in [-0.2, -0.15) is 0 Å². The zero-order valence-corrected chi connectivity index (χ0v) is 11.3. The molecule has 2 N–H and O–H groups in total. The number of hydrogen-bond acceptors (Lipinski definition) is 3. The molecule has 1 aromatic carbocycles. The Labute approximate surface area is 119 Å². The van der Waals surface area contributed by atoms with Crippen LogP contribution >= 0.6 is 0 Å². The molecule has 1 heterocycles. The molecule has 114 valence electrons. The van der Waals surface area contributed by atoms with Crippen LogP contribution in [0, 0.1) is 0 Å². The van der Waals surface area contributed by atoms with Gasteiger partial charge in [0.15, 0.2) is 6.10 Å². The largest absolute Gasteiger partial charge is 0.479 e. The fourth-order valence-corrected chi connectivity index (χ4v) is 2.10. The van der Waals surface area contributed by atoms with Crippen molar-refractivity contribution in [1.29, 1.82) is 0 Å². The number of nitrogens with one attached hydrogen (secondary N) is 1. The molecule has 1 amide bonds. The van der Waals surface area contributed by atoms with Gasteiger partial charge in [0.05, 0.1) is 0 Å². The number of carboxylic acid groups (broad SMARTS) is 1. The molecule has 2 rings (SSSR count). The first-order chi connectivity index (χ1) is 9.77. The summed E-state index contributed by atoms with van der Waals surface area (Å²) in [6, 6.07) is 5.35. The van der Waals surface area contributed by atoms with E-state index in [2.05, 4.69) is 5.32 Å². The van der Waals surface area contributed by atoms with Crippen molar-refractivity contribution in [3.63, 3.8) is 0 Å². The minimum atomic E-state index is -3.00. The summed E-state index contributed by atoms with van der Waals surface area (Å²) in [6.45, 7) is 0.769. The Morgan fingerprint density at radius 3 is 2.57 bits per heavy atom. The molecule has 0 unspecified atom stereocenters. The number of aliphatic carboxylic acids is 1. The van der Waals surface area contributed by atoms with E-state index in [1.807, 2.05) is 0 Å². The highest BCUT2D eigenvalue weighted by atomic mass is 19.3. The van der Waals surface area contributed by atoms with Crippen molar-refractivity contribution in [2.24, 2.45) is 0 Å². The van der Waals surface area contributed by atoms with Gasteiger partial charge < -0.3 is 15.2 Å². The van der Waals surface area contributed by atoms with Gasteiger partial charge in [-0.3, -0.25) is 4.79 Å². The van der Waals surface area contributed by atoms with Gasteiger partial charge in [-0.15, -0.1) is 0 Å². The smallest absolute Gasteiger partial charge is 0.332 e. The summed E-state index contributed by atoms with van der Waals surface area (Å²) in [6.07, 6.45) is -1.34. The molecule has 0 aromatic heterocycles. The molecule has 5 nitrogen and oxygen atoms in total. The van der Waals surface area contributed by atoms with Crippen molar-refractivity contribution in [3.05, 3.63) is 29.8 Å². The Hall–Kier alpha value is -2.02. The molecule has 0 aliphatic carbocycles. The van der Waals surface area contributed by atoms with Crippen molar-refractivity contribution in [2.45, 2.75) is 37.9 Å². The first-order valence-electron chi connectivity index (χ1n) is 6.45. The van der Waals surface area contributed by atoms with Crippen LogP contribution in [0.1, 0.15) is 25.3 Å². The molecule has 1 aromatic rings. The van der Waals surface area contributed by atoms with Crippen LogP contribution in [0.2, 0.25) is 0 Å². The summed E-state index contributed by atoms with van der Waals surface area (Å²) in [7, 11) is 0. The molecule has 1 aliphatic heterocycles. The van der Waals surface area contributed by atoms with Crippen molar-refractivity contribution < 1.29 is 28.2 Å². The third-order valence-corrected chi connectivity index (χ3v) is 3.22. The molecular formula is C14H15F2NO4. The second kappa shape index (κ2) is 5.77. The third kappa shape index (κ3) is 3.75. The van der Waals surface area contributed by atoms with Crippen LogP contribution in [0.4, 0.5) is 14.5 Å². The van der Waals surface area contributed by atoms with Gasteiger partial charge in [0.25, 0.3) is 11.8 Å². The Kier molecular flexibility index (Phi) is 4.22. The Bertz CT molecular complexity index is 556. The van der Waals surface area contributed by atoms with Crippen LogP contribution in [0.25, 0.3) is 0 Å². The van der Waals surface area contributed by atoms with E-state index in [0.29, 0.717) is 0 Å². The first kappa shape index (κ1) is 15.4. The lowest BCUT2D eigenvalue weighted by Gasteiger charge is -2.14. The lowest BCUT2D eigenvalue weighted by atomic mass is 10.1. The third-order valence-electron chi connectivity index (χ3n) is 3.22. The topological polar surface area (TPSA) is 75.6 Å². The molecule has 0 saturated carbocycles. The van der Waals surface area contributed by atoms with E-state index in [1.165, 1.54) is 24.3 Å². The predicted octanol–water partition coefficient (Wildman–Crippen LogP) is 2.37. The highest BCUT2D eigenvalue weighted by Gasteiger charge is 2.34. The Morgan fingerprint density at radius 1 is 1.33 bits per heavy atom. The van der Waals surface area contributed by atoms with Crippen molar-refractivity contribution >= 4 is 17.6 Å². The summed E-state index contributed by atoms with van der Waals surface area (Å²) in [5.41, 5.74) is 0.0115. The van der Waals surface area contributed by atoms with Gasteiger partial charge in [-0.25, -0.2) is 13.6 Å². The second-order valence-electron chi connectivity index (χ2n) is 4.99. The molecule has 1 aliphatic rings. The molecular weight excluding hydrogens is 284 g/mol. The minimum Gasteiger partial charge on any atom is -0.479 e. The Balaban J connectivity index is 2.02. The van der Waals surface area contributed by atoms with Crippen LogP contribution in [-0.2, 0) is 20.2 Å². The highest BCUT2D eigenvalue weighted by Crippen LogP contribution is 2.29. The molecule has 7 heteroatoms. The SMILES string of the molecule is CC(F)(F)c1cccc(NC(=O)[C@@H]2CC[C@H](C(=O)O)O2)c1. The molecule has 1 fully saturated rings. The maximum absolute atomic E-state index is 13.2. The summed E-state index contributed by atoms with van der Waals surface area (Å²) in [5, 5.41) is 11.3. The van der Waals surface area contributed by atoms with Gasteiger partial charge in [0, 0.05) is 18.2 Å². The minimum absolute atomic E-state index is 0.212. The monoisotopic (exact) mass is 299 g/mol. The van der Waals surface area contributed by atoms with E-state index in [9.17, 15) is 18.4 Å². The summed E-state index contributed by atoms with van der Waals surface area (Å²) in [4.78, 5) is 22.7. The lowest BCUT2D eigenvalue weighted by Crippen LogP contribution is -2.30. The van der Waals surface area contributed by atoms with Gasteiger partial charge in [0.2, 0.25) is 0 Å². The normalized spacial score (nSPS) is 22.0. The average molecular weight is 299 g/mol. The van der Waals surface area contributed by atoms with E-state index in [0.717, 1.165) is 6.92 Å². The number of carbonyl (C=O) groups is 2. The number of carbonyl (C=O) groups excluding carboxylic acids is 1. The quantitative estimate of drug-likeness (QED) is 0.895. The number of ether oxygens (including phenoxy) is 1. The Morgan fingerprint density at radius 2 is 2.00 bits per heavy atom. The number of benzene rings is 1. The zero-order chi connectivity index (χ0) is 15.6. The summed E-state index contributed by atoms with van der Waals surface area (Å²) >= 11 is 0. The lowest BCUT2D eigenvalue weighted by molar-refractivity contribution is -0.150. The maximum atomic E-state index is 13.2. The summed E-state index contributed by atoms with van der Waals surface area (Å²) < 4.78 is 31.5. The number of alkyl halides is 2. The van der Waals surface area contributed by atoms with Gasteiger partial charge in [-0.1, -0.05) is 12.1 Å². The first-order valence-corrected chi connectivity index (χ1v) is 6.45. The van der Waals surface area contributed by atoms with Crippen molar-refractivity contribution in [1.82, 2.24) is 0 Å². The standard InChI is InChI=1S/C14H15F2NO4/c1-14(15,16)8-3-2-4-9(7-8)17-12(18)10-5-6-11(21-10)13(19)20/h2-4,7,10-11H,5-6H2,1H3,(H,17,18)(H,19,20)/t10-,11+/m0/s1. The molecule has 21 heavy (non-hydrogen) atoms.